The molecular weight excluding hydrogens is 319 g/mol. The van der Waals surface area contributed by atoms with Crippen molar-refractivity contribution in [3.63, 3.8) is 0 Å². The topological polar surface area (TPSA) is 18.5 Å². The van der Waals surface area contributed by atoms with Gasteiger partial charge in [-0.05, 0) is 59.9 Å². The molecule has 0 amide bonds. The molecule has 2 aromatic rings. The minimum Gasteiger partial charge on any atom is -0.544 e. The summed E-state index contributed by atoms with van der Waals surface area (Å²) in [4.78, 5) is 0. The van der Waals surface area contributed by atoms with Crippen LogP contribution in [-0.2, 0) is 6.42 Å². The van der Waals surface area contributed by atoms with Crippen molar-refractivity contribution in [1.82, 2.24) is 0 Å². The smallest absolute Gasteiger partial charge is 0.250 e. The highest BCUT2D eigenvalue weighted by atomic mass is 28.4. The van der Waals surface area contributed by atoms with Crippen molar-refractivity contribution >= 4 is 8.32 Å². The Kier molecular flexibility index (Phi) is 5.38. The molecule has 2 nitrogen and oxygen atoms in total. The zero-order valence-corrected chi connectivity index (χ0v) is 16.4. The molecule has 0 spiro atoms. The van der Waals surface area contributed by atoms with Crippen LogP contribution in [0, 0.1) is 5.82 Å². The maximum Gasteiger partial charge on any atom is 0.250 e. The van der Waals surface area contributed by atoms with Crippen molar-refractivity contribution in [2.24, 2.45) is 0 Å². The number of rotatable bonds is 5. The van der Waals surface area contributed by atoms with Gasteiger partial charge in [-0.25, -0.2) is 4.39 Å². The quantitative estimate of drug-likeness (QED) is 0.636. The fourth-order valence-corrected chi connectivity index (χ4v) is 3.21. The van der Waals surface area contributed by atoms with E-state index in [-0.39, 0.29) is 16.6 Å². The van der Waals surface area contributed by atoms with E-state index in [1.165, 1.54) is 13.2 Å². The lowest BCUT2D eigenvalue weighted by Gasteiger charge is -2.36. The van der Waals surface area contributed by atoms with Crippen molar-refractivity contribution < 1.29 is 13.6 Å². The predicted molar refractivity (Wildman–Crippen MR) is 100 cm³/mol. The Morgan fingerprint density at radius 1 is 0.958 bits per heavy atom. The van der Waals surface area contributed by atoms with Crippen LogP contribution in [0.25, 0.3) is 0 Å². The molecule has 0 saturated carbocycles. The van der Waals surface area contributed by atoms with E-state index in [0.29, 0.717) is 6.42 Å². The molecule has 0 atom stereocenters. The predicted octanol–water partition coefficient (Wildman–Crippen LogP) is 5.81. The van der Waals surface area contributed by atoms with Gasteiger partial charge in [0.1, 0.15) is 5.75 Å². The molecule has 2 rings (SSSR count). The maximum atomic E-state index is 13.8. The van der Waals surface area contributed by atoms with E-state index in [0.717, 1.165) is 16.9 Å². The molecule has 0 aromatic heterocycles. The summed E-state index contributed by atoms with van der Waals surface area (Å²) in [5.74, 6) is 0.857. The third kappa shape index (κ3) is 4.38. The van der Waals surface area contributed by atoms with Crippen LogP contribution >= 0.6 is 0 Å². The Labute approximate surface area is 145 Å². The molecule has 0 saturated heterocycles. The van der Waals surface area contributed by atoms with E-state index in [4.69, 9.17) is 9.16 Å². The van der Waals surface area contributed by atoms with E-state index in [2.05, 4.69) is 33.9 Å². The van der Waals surface area contributed by atoms with Crippen LogP contribution in [0.4, 0.5) is 4.39 Å². The number of halogens is 1. The molecule has 130 valence electrons. The molecule has 0 heterocycles. The minimum atomic E-state index is -1.82. The van der Waals surface area contributed by atoms with E-state index >= 15 is 0 Å². The average molecular weight is 347 g/mol. The molecule has 0 unspecified atom stereocenters. The lowest BCUT2D eigenvalue weighted by molar-refractivity contribution is 0.386. The fourth-order valence-electron chi connectivity index (χ4n) is 2.18. The Hall–Kier alpha value is -1.81. The van der Waals surface area contributed by atoms with Crippen molar-refractivity contribution in [3.05, 3.63) is 59.4 Å². The van der Waals surface area contributed by atoms with E-state index in [9.17, 15) is 4.39 Å². The molecule has 4 heteroatoms. The highest BCUT2D eigenvalue weighted by Gasteiger charge is 2.38. The van der Waals surface area contributed by atoms with Gasteiger partial charge in [0.2, 0.25) is 8.32 Å². The normalized spacial score (nSPS) is 12.1. The second-order valence-corrected chi connectivity index (χ2v) is 12.4. The average Bonchev–Trinajstić information content (AvgIpc) is 2.48. The highest BCUT2D eigenvalue weighted by molar-refractivity contribution is 6.74. The first-order chi connectivity index (χ1) is 11.1. The molecule has 0 N–H and O–H groups in total. The Morgan fingerprint density at radius 3 is 2.04 bits per heavy atom. The van der Waals surface area contributed by atoms with Crippen LogP contribution in [0.15, 0.2) is 42.5 Å². The molecule has 0 bridgehead atoms. The second-order valence-electron chi connectivity index (χ2n) is 7.65. The Bertz CT molecular complexity index is 688. The fraction of sp³-hybridized carbons (Fsp3) is 0.400. The van der Waals surface area contributed by atoms with Gasteiger partial charge < -0.3 is 9.16 Å². The van der Waals surface area contributed by atoms with Gasteiger partial charge >= 0.3 is 0 Å². The van der Waals surface area contributed by atoms with Gasteiger partial charge in [-0.15, -0.1) is 0 Å². The highest BCUT2D eigenvalue weighted by Crippen LogP contribution is 2.37. The number of hydrogen-bond acceptors (Lipinski definition) is 2. The number of methoxy groups -OCH3 is 1. The summed E-state index contributed by atoms with van der Waals surface area (Å²) in [5, 5.41) is 0.173. The van der Waals surface area contributed by atoms with Gasteiger partial charge in [-0.1, -0.05) is 39.0 Å². The van der Waals surface area contributed by atoms with Crippen LogP contribution < -0.4 is 9.16 Å². The Balaban J connectivity index is 2.08. The molecule has 0 radical (unpaired) electrons. The summed E-state index contributed by atoms with van der Waals surface area (Å²) in [6.07, 6.45) is 0.682. The second kappa shape index (κ2) is 6.97. The lowest BCUT2D eigenvalue weighted by Crippen LogP contribution is -2.43. The number of hydrogen-bond donors (Lipinski definition) is 0. The molecule has 24 heavy (non-hydrogen) atoms. The lowest BCUT2D eigenvalue weighted by atomic mass is 10.0. The molecule has 2 aromatic carbocycles. The van der Waals surface area contributed by atoms with Crippen LogP contribution in [-0.4, -0.2) is 15.4 Å². The first kappa shape index (κ1) is 18.5. The first-order valence-corrected chi connectivity index (χ1v) is 11.1. The van der Waals surface area contributed by atoms with Gasteiger partial charge in [-0.2, -0.15) is 0 Å². The molecule has 0 aliphatic heterocycles. The summed E-state index contributed by atoms with van der Waals surface area (Å²) in [6.45, 7) is 11.2. The standard InChI is InChI=1S/C20H27FO2Si/c1-20(2,3)24(5,6)23-17-10-7-15(8-11-17)13-16-9-12-19(22-4)18(21)14-16/h7-12,14H,13H2,1-6H3. The van der Waals surface area contributed by atoms with Crippen molar-refractivity contribution in [3.8, 4) is 11.5 Å². The summed E-state index contributed by atoms with van der Waals surface area (Å²) >= 11 is 0. The summed E-state index contributed by atoms with van der Waals surface area (Å²) in [5.41, 5.74) is 2.05. The SMILES string of the molecule is COc1ccc(Cc2ccc(O[Si](C)(C)C(C)(C)C)cc2)cc1F. The number of benzene rings is 2. The first-order valence-electron chi connectivity index (χ1n) is 8.23. The van der Waals surface area contributed by atoms with Gasteiger partial charge in [-0.3, -0.25) is 0 Å². The van der Waals surface area contributed by atoms with E-state index in [1.54, 1.807) is 6.07 Å². The van der Waals surface area contributed by atoms with Gasteiger partial charge in [0, 0.05) is 0 Å². The number of ether oxygens (including phenoxy) is 1. The summed E-state index contributed by atoms with van der Waals surface area (Å²) in [7, 11) is -0.347. The van der Waals surface area contributed by atoms with E-state index in [1.807, 2.05) is 30.3 Å². The van der Waals surface area contributed by atoms with E-state index < -0.39 is 8.32 Å². The van der Waals surface area contributed by atoms with Crippen LogP contribution in [0.5, 0.6) is 11.5 Å². The van der Waals surface area contributed by atoms with Crippen molar-refractivity contribution in [2.75, 3.05) is 7.11 Å². The zero-order valence-electron chi connectivity index (χ0n) is 15.4. The van der Waals surface area contributed by atoms with Crippen LogP contribution in [0.1, 0.15) is 31.9 Å². The van der Waals surface area contributed by atoms with Crippen molar-refractivity contribution in [1.29, 1.82) is 0 Å². The monoisotopic (exact) mass is 346 g/mol. The molecular formula is C20H27FO2Si. The zero-order chi connectivity index (χ0) is 18.0. The summed E-state index contributed by atoms with van der Waals surface area (Å²) in [6, 6.07) is 13.2. The third-order valence-corrected chi connectivity index (χ3v) is 9.09. The minimum absolute atomic E-state index is 0.173. The maximum absolute atomic E-state index is 13.8. The van der Waals surface area contributed by atoms with Crippen molar-refractivity contribution in [2.45, 2.75) is 45.3 Å². The van der Waals surface area contributed by atoms with Gasteiger partial charge in [0.05, 0.1) is 7.11 Å². The third-order valence-electron chi connectivity index (χ3n) is 4.73. The van der Waals surface area contributed by atoms with Crippen LogP contribution in [0.3, 0.4) is 0 Å². The molecule has 0 aliphatic rings. The van der Waals surface area contributed by atoms with Gasteiger partial charge in [0.25, 0.3) is 0 Å². The Morgan fingerprint density at radius 2 is 1.54 bits per heavy atom. The molecule has 0 aliphatic carbocycles. The largest absolute Gasteiger partial charge is 0.544 e. The van der Waals surface area contributed by atoms with Crippen LogP contribution in [0.2, 0.25) is 18.1 Å². The van der Waals surface area contributed by atoms with Gasteiger partial charge in [0.15, 0.2) is 11.6 Å². The molecule has 0 fully saturated rings. The summed E-state index contributed by atoms with van der Waals surface area (Å²) < 4.78 is 25.0.